The monoisotopic (exact) mass is 333 g/mol. The van der Waals surface area contributed by atoms with Gasteiger partial charge < -0.3 is 9.80 Å². The Balaban J connectivity index is 1.41. The minimum Gasteiger partial charge on any atom is -0.352 e. The quantitative estimate of drug-likeness (QED) is 0.799. The number of rotatable bonds is 3. The van der Waals surface area contributed by atoms with E-state index in [0.29, 0.717) is 18.7 Å². The zero-order chi connectivity index (χ0) is 17.1. The molecule has 3 heterocycles. The predicted octanol–water partition coefficient (Wildman–Crippen LogP) is 2.43. The molecule has 0 radical (unpaired) electrons. The molecular formula is C19H19N5O. The van der Waals surface area contributed by atoms with Crippen LogP contribution in [0, 0.1) is 0 Å². The van der Waals surface area contributed by atoms with Gasteiger partial charge in [0.25, 0.3) is 5.91 Å². The highest BCUT2D eigenvalue weighted by Gasteiger charge is 2.23. The summed E-state index contributed by atoms with van der Waals surface area (Å²) in [5.74, 6) is 0.990. The number of nitrogens with zero attached hydrogens (tertiary/aromatic N) is 4. The Morgan fingerprint density at radius 2 is 1.68 bits per heavy atom. The lowest BCUT2D eigenvalue weighted by Gasteiger charge is -2.34. The minimum atomic E-state index is 0.0639. The number of hydrogen-bond acceptors (Lipinski definition) is 4. The summed E-state index contributed by atoms with van der Waals surface area (Å²) in [6, 6.07) is 15.7. The van der Waals surface area contributed by atoms with Crippen molar-refractivity contribution in [3.8, 4) is 11.3 Å². The van der Waals surface area contributed by atoms with Crippen LogP contribution < -0.4 is 4.90 Å². The topological polar surface area (TPSA) is 65.1 Å². The molecule has 4 rings (SSSR count). The molecule has 1 aromatic carbocycles. The zero-order valence-electron chi connectivity index (χ0n) is 13.8. The van der Waals surface area contributed by atoms with Crippen molar-refractivity contribution in [2.75, 3.05) is 31.1 Å². The Morgan fingerprint density at radius 3 is 2.40 bits per heavy atom. The third kappa shape index (κ3) is 3.24. The van der Waals surface area contributed by atoms with Crippen LogP contribution in [0.15, 0.2) is 60.9 Å². The number of H-pyrrole nitrogens is 1. The number of carbonyl (C=O) groups is 1. The lowest BCUT2D eigenvalue weighted by atomic mass is 10.1. The van der Waals surface area contributed by atoms with E-state index >= 15 is 0 Å². The fourth-order valence-corrected chi connectivity index (χ4v) is 3.05. The molecule has 1 N–H and O–H groups in total. The van der Waals surface area contributed by atoms with Gasteiger partial charge in [0.1, 0.15) is 0 Å². The van der Waals surface area contributed by atoms with Crippen LogP contribution in [0.3, 0.4) is 0 Å². The Labute approximate surface area is 146 Å². The van der Waals surface area contributed by atoms with E-state index in [1.807, 2.05) is 23.1 Å². The lowest BCUT2D eigenvalue weighted by Crippen LogP contribution is -2.48. The molecule has 126 valence electrons. The van der Waals surface area contributed by atoms with Gasteiger partial charge in [-0.05, 0) is 17.7 Å². The standard InChI is InChI=1S/C19H19N5O/c25-19(16-6-8-20-9-7-16)24-12-10-23(11-13-24)18-14-17(21-22-18)15-4-2-1-3-5-15/h1-9,14H,10-13H2,(H,21,22). The molecule has 3 aromatic rings. The fourth-order valence-electron chi connectivity index (χ4n) is 3.05. The van der Waals surface area contributed by atoms with Gasteiger partial charge in [-0.25, -0.2) is 0 Å². The number of carbonyl (C=O) groups excluding carboxylic acids is 1. The van der Waals surface area contributed by atoms with Crippen molar-refractivity contribution in [1.82, 2.24) is 20.1 Å². The van der Waals surface area contributed by atoms with Crippen LogP contribution in [0.1, 0.15) is 10.4 Å². The Kier molecular flexibility index (Phi) is 4.16. The van der Waals surface area contributed by atoms with Gasteiger partial charge in [0, 0.05) is 50.2 Å². The van der Waals surface area contributed by atoms with Gasteiger partial charge in [0.05, 0.1) is 5.69 Å². The average molecular weight is 333 g/mol. The summed E-state index contributed by atoms with van der Waals surface area (Å²) < 4.78 is 0. The van der Waals surface area contributed by atoms with Crippen molar-refractivity contribution >= 4 is 11.7 Å². The summed E-state index contributed by atoms with van der Waals surface area (Å²) in [5, 5.41) is 7.53. The summed E-state index contributed by atoms with van der Waals surface area (Å²) >= 11 is 0. The molecule has 0 atom stereocenters. The number of aromatic amines is 1. The van der Waals surface area contributed by atoms with Gasteiger partial charge in [-0.3, -0.25) is 14.9 Å². The van der Waals surface area contributed by atoms with Gasteiger partial charge in [-0.15, -0.1) is 0 Å². The molecule has 25 heavy (non-hydrogen) atoms. The number of benzene rings is 1. The van der Waals surface area contributed by atoms with Crippen molar-refractivity contribution in [2.45, 2.75) is 0 Å². The first kappa shape index (κ1) is 15.4. The van der Waals surface area contributed by atoms with Crippen molar-refractivity contribution in [2.24, 2.45) is 0 Å². The first-order valence-electron chi connectivity index (χ1n) is 8.36. The van der Waals surface area contributed by atoms with E-state index in [9.17, 15) is 4.79 Å². The molecule has 1 aliphatic heterocycles. The molecule has 0 bridgehead atoms. The van der Waals surface area contributed by atoms with Crippen LogP contribution in [-0.2, 0) is 0 Å². The number of amides is 1. The molecule has 1 amide bonds. The van der Waals surface area contributed by atoms with E-state index in [4.69, 9.17) is 0 Å². The van der Waals surface area contributed by atoms with E-state index in [2.05, 4.69) is 38.3 Å². The van der Waals surface area contributed by atoms with Crippen LogP contribution >= 0.6 is 0 Å². The van der Waals surface area contributed by atoms with Crippen LogP contribution in [0.2, 0.25) is 0 Å². The summed E-state index contributed by atoms with van der Waals surface area (Å²) in [6.45, 7) is 2.93. The second-order valence-corrected chi connectivity index (χ2v) is 6.02. The predicted molar refractivity (Wildman–Crippen MR) is 96.4 cm³/mol. The highest BCUT2D eigenvalue weighted by Crippen LogP contribution is 2.22. The highest BCUT2D eigenvalue weighted by atomic mass is 16.2. The molecule has 0 saturated carbocycles. The normalized spacial score (nSPS) is 14.6. The second kappa shape index (κ2) is 6.76. The molecule has 1 fully saturated rings. The van der Waals surface area contributed by atoms with Gasteiger partial charge in [-0.1, -0.05) is 30.3 Å². The third-order valence-electron chi connectivity index (χ3n) is 4.47. The number of hydrogen-bond donors (Lipinski definition) is 1. The van der Waals surface area contributed by atoms with Crippen molar-refractivity contribution in [3.63, 3.8) is 0 Å². The van der Waals surface area contributed by atoms with E-state index < -0.39 is 0 Å². The van der Waals surface area contributed by atoms with Crippen LogP contribution in [-0.4, -0.2) is 52.2 Å². The number of anilines is 1. The Hall–Kier alpha value is -3.15. The Morgan fingerprint density at radius 1 is 0.960 bits per heavy atom. The molecular weight excluding hydrogens is 314 g/mol. The summed E-state index contributed by atoms with van der Waals surface area (Å²) in [6.07, 6.45) is 3.30. The molecule has 2 aromatic heterocycles. The van der Waals surface area contributed by atoms with Gasteiger partial charge in [0.2, 0.25) is 0 Å². The van der Waals surface area contributed by atoms with Crippen LogP contribution in [0.25, 0.3) is 11.3 Å². The molecule has 1 aliphatic rings. The summed E-state index contributed by atoms with van der Waals surface area (Å²) in [7, 11) is 0. The highest BCUT2D eigenvalue weighted by molar-refractivity contribution is 5.94. The zero-order valence-corrected chi connectivity index (χ0v) is 13.8. The minimum absolute atomic E-state index is 0.0639. The maximum atomic E-state index is 12.5. The smallest absolute Gasteiger partial charge is 0.254 e. The number of aromatic nitrogens is 3. The molecule has 0 unspecified atom stereocenters. The Bertz CT molecular complexity index is 839. The molecule has 0 aliphatic carbocycles. The van der Waals surface area contributed by atoms with Crippen LogP contribution in [0.5, 0.6) is 0 Å². The van der Waals surface area contributed by atoms with E-state index in [-0.39, 0.29) is 5.91 Å². The number of piperazine rings is 1. The maximum absolute atomic E-state index is 12.5. The molecule has 1 saturated heterocycles. The molecule has 6 nitrogen and oxygen atoms in total. The van der Waals surface area contributed by atoms with Crippen molar-refractivity contribution in [3.05, 3.63) is 66.5 Å². The molecule has 0 spiro atoms. The maximum Gasteiger partial charge on any atom is 0.254 e. The first-order chi connectivity index (χ1) is 12.3. The summed E-state index contributed by atoms with van der Waals surface area (Å²) in [4.78, 5) is 20.5. The van der Waals surface area contributed by atoms with Gasteiger partial charge in [0.15, 0.2) is 5.82 Å². The largest absolute Gasteiger partial charge is 0.352 e. The fraction of sp³-hybridized carbons (Fsp3) is 0.211. The molecule has 6 heteroatoms. The first-order valence-corrected chi connectivity index (χ1v) is 8.36. The number of pyridine rings is 1. The van der Waals surface area contributed by atoms with Crippen molar-refractivity contribution in [1.29, 1.82) is 0 Å². The van der Waals surface area contributed by atoms with E-state index in [1.54, 1.807) is 24.5 Å². The number of nitrogens with one attached hydrogen (secondary N) is 1. The third-order valence-corrected chi connectivity index (χ3v) is 4.47. The second-order valence-electron chi connectivity index (χ2n) is 6.02. The lowest BCUT2D eigenvalue weighted by molar-refractivity contribution is 0.0746. The van der Waals surface area contributed by atoms with E-state index in [0.717, 1.165) is 30.2 Å². The van der Waals surface area contributed by atoms with Crippen molar-refractivity contribution < 1.29 is 4.79 Å². The average Bonchev–Trinajstić information content (AvgIpc) is 3.19. The van der Waals surface area contributed by atoms with E-state index in [1.165, 1.54) is 0 Å². The van der Waals surface area contributed by atoms with Gasteiger partial charge >= 0.3 is 0 Å². The summed E-state index contributed by atoms with van der Waals surface area (Å²) in [5.41, 5.74) is 2.81. The van der Waals surface area contributed by atoms with Crippen LogP contribution in [0.4, 0.5) is 5.82 Å². The SMILES string of the molecule is O=C(c1ccncc1)N1CCN(c2cc(-c3ccccc3)[nH]n2)CC1. The van der Waals surface area contributed by atoms with Gasteiger partial charge in [-0.2, -0.15) is 5.10 Å².